The van der Waals surface area contributed by atoms with Gasteiger partial charge >= 0.3 is 0 Å². The Bertz CT molecular complexity index is 2090. The highest BCUT2D eigenvalue weighted by molar-refractivity contribution is 6.46. The molecule has 1 aliphatic carbocycles. The number of Topliss-reactive ketones (excluding diaryl/α,β-unsaturated/α-hetero) is 2. The molecule has 0 spiro atoms. The van der Waals surface area contributed by atoms with Crippen molar-refractivity contribution in [1.82, 2.24) is 0 Å². The predicted octanol–water partition coefficient (Wildman–Crippen LogP) is 5.46. The standard InChI is InChI=1S/C31H31N2O4.C8H2Cl2N2O2/c1-23(34)28-22-32(21-24-10-6-4-7-11-24)18-16-25(28)17-19-33(27-12-8-5-9-13-27)31(35)26-14-15-29(36-2)30(20-26)37-3;9-5-6(10)8(14)4(2-12)3(1-11)7(5)13/h4-16,18,20,22H,17,19,21H2,1-3H3;5,14H/q+1;/p-1. The fourth-order valence-corrected chi connectivity index (χ4v) is 5.64. The molecule has 0 radical (unpaired) electrons. The summed E-state index contributed by atoms with van der Waals surface area (Å²) in [5.74, 6) is -0.780. The number of hydrogen-bond acceptors (Lipinski definition) is 8. The second-order valence-electron chi connectivity index (χ2n) is 11.1. The average Bonchev–Trinajstić information content (AvgIpc) is 3.16. The first kappa shape index (κ1) is 37.9. The van der Waals surface area contributed by atoms with Crippen LogP contribution in [0.4, 0.5) is 5.69 Å². The van der Waals surface area contributed by atoms with Crippen LogP contribution in [0.2, 0.25) is 0 Å². The summed E-state index contributed by atoms with van der Waals surface area (Å²) in [4.78, 5) is 39.2. The van der Waals surface area contributed by atoms with Gasteiger partial charge in [0.05, 0.1) is 25.4 Å². The second-order valence-corrected chi connectivity index (χ2v) is 11.9. The van der Waals surface area contributed by atoms with Crippen molar-refractivity contribution in [3.63, 3.8) is 0 Å². The molecule has 1 unspecified atom stereocenters. The summed E-state index contributed by atoms with van der Waals surface area (Å²) in [7, 11) is 3.11. The maximum Gasteiger partial charge on any atom is 0.258 e. The number of ketones is 2. The number of anilines is 1. The Hall–Kier alpha value is -5.94. The van der Waals surface area contributed by atoms with Gasteiger partial charge in [-0.05, 0) is 49.2 Å². The van der Waals surface area contributed by atoms with E-state index >= 15 is 0 Å². The number of pyridine rings is 1. The highest BCUT2D eigenvalue weighted by atomic mass is 35.5. The first-order valence-electron chi connectivity index (χ1n) is 15.5. The van der Waals surface area contributed by atoms with Crippen LogP contribution in [-0.4, -0.2) is 43.6 Å². The van der Waals surface area contributed by atoms with Crippen LogP contribution in [0.3, 0.4) is 0 Å². The number of carbonyl (C=O) groups is 3. The number of methoxy groups -OCH3 is 2. The molecule has 258 valence electrons. The fourth-order valence-electron chi connectivity index (χ4n) is 5.24. The zero-order chi connectivity index (χ0) is 37.1. The molecule has 0 saturated carbocycles. The van der Waals surface area contributed by atoms with Crippen LogP contribution >= 0.6 is 23.2 Å². The van der Waals surface area contributed by atoms with Gasteiger partial charge in [0.1, 0.15) is 23.1 Å². The smallest absolute Gasteiger partial charge is 0.258 e. The number of alkyl halides is 1. The van der Waals surface area contributed by atoms with E-state index in [4.69, 9.17) is 43.2 Å². The van der Waals surface area contributed by atoms with Crippen LogP contribution in [0.15, 0.2) is 119 Å². The molecule has 1 atom stereocenters. The van der Waals surface area contributed by atoms with Crippen molar-refractivity contribution in [3.05, 3.63) is 142 Å². The molecule has 1 aromatic heterocycles. The van der Waals surface area contributed by atoms with Crippen LogP contribution in [0.5, 0.6) is 11.5 Å². The predicted molar refractivity (Wildman–Crippen MR) is 189 cm³/mol. The molecule has 0 N–H and O–H groups in total. The summed E-state index contributed by atoms with van der Waals surface area (Å²) >= 11 is 10.9. The van der Waals surface area contributed by atoms with E-state index in [2.05, 4.69) is 12.1 Å². The zero-order valence-corrected chi connectivity index (χ0v) is 29.4. The molecule has 1 aliphatic rings. The van der Waals surface area contributed by atoms with E-state index in [0.29, 0.717) is 42.1 Å². The summed E-state index contributed by atoms with van der Waals surface area (Å²) in [5.41, 5.74) is 2.92. The van der Waals surface area contributed by atoms with Gasteiger partial charge in [0.2, 0.25) is 0 Å². The Labute approximate surface area is 305 Å². The molecule has 4 aromatic rings. The number of carbonyl (C=O) groups excluding carboxylic acids is 3. The van der Waals surface area contributed by atoms with Crippen LogP contribution < -0.4 is 24.0 Å². The van der Waals surface area contributed by atoms with Crippen LogP contribution in [0, 0.1) is 22.7 Å². The largest absolute Gasteiger partial charge is 0.871 e. The summed E-state index contributed by atoms with van der Waals surface area (Å²) in [5, 5.41) is 26.5. The van der Waals surface area contributed by atoms with E-state index < -0.39 is 33.1 Å². The molecule has 3 aromatic carbocycles. The van der Waals surface area contributed by atoms with Crippen molar-refractivity contribution in [1.29, 1.82) is 10.5 Å². The minimum Gasteiger partial charge on any atom is -0.871 e. The van der Waals surface area contributed by atoms with Gasteiger partial charge in [0, 0.05) is 34.5 Å². The quantitative estimate of drug-likeness (QED) is 0.119. The molecule has 0 fully saturated rings. The van der Waals surface area contributed by atoms with E-state index in [-0.39, 0.29) is 11.7 Å². The molecule has 1 amide bonds. The molecule has 0 saturated heterocycles. The van der Waals surface area contributed by atoms with Crippen molar-refractivity contribution in [2.45, 2.75) is 25.3 Å². The summed E-state index contributed by atoms with van der Waals surface area (Å²) in [6.45, 7) is 2.66. The lowest BCUT2D eigenvalue weighted by molar-refractivity contribution is -0.688. The minimum atomic E-state index is -1.35. The Morgan fingerprint density at radius 1 is 0.922 bits per heavy atom. The molecule has 0 aliphatic heterocycles. The third-order valence-electron chi connectivity index (χ3n) is 7.86. The molecule has 51 heavy (non-hydrogen) atoms. The maximum absolute atomic E-state index is 13.7. The minimum absolute atomic E-state index is 0.00473. The van der Waals surface area contributed by atoms with Crippen molar-refractivity contribution < 1.29 is 33.5 Å². The van der Waals surface area contributed by atoms with Gasteiger partial charge in [-0.25, -0.2) is 4.57 Å². The lowest BCUT2D eigenvalue weighted by atomic mass is 9.96. The topological polar surface area (TPSA) is 147 Å². The molecular weight excluding hydrogens is 691 g/mol. The number of hydrogen-bond donors (Lipinski definition) is 0. The highest BCUT2D eigenvalue weighted by Crippen LogP contribution is 2.31. The summed E-state index contributed by atoms with van der Waals surface area (Å²) < 4.78 is 12.7. The lowest BCUT2D eigenvalue weighted by Gasteiger charge is -2.24. The van der Waals surface area contributed by atoms with Crippen LogP contribution in [0.1, 0.15) is 38.8 Å². The van der Waals surface area contributed by atoms with E-state index in [0.717, 1.165) is 16.8 Å². The van der Waals surface area contributed by atoms with Crippen molar-refractivity contribution in [2.75, 3.05) is 25.7 Å². The number of para-hydroxylation sites is 1. The molecule has 5 rings (SSSR count). The van der Waals surface area contributed by atoms with E-state index in [1.54, 1.807) is 44.2 Å². The molecule has 12 heteroatoms. The molecular formula is C39H32Cl2N4O6. The van der Waals surface area contributed by atoms with E-state index in [1.807, 2.05) is 71.6 Å². The van der Waals surface area contributed by atoms with Gasteiger partial charge < -0.3 is 19.5 Å². The zero-order valence-electron chi connectivity index (χ0n) is 27.9. The molecule has 10 nitrogen and oxygen atoms in total. The normalized spacial score (nSPS) is 13.7. The van der Waals surface area contributed by atoms with Crippen molar-refractivity contribution >= 4 is 46.4 Å². The van der Waals surface area contributed by atoms with Gasteiger partial charge in [-0.3, -0.25) is 14.4 Å². The molecule has 0 bridgehead atoms. The number of nitrogens with zero attached hydrogens (tertiary/aromatic N) is 4. The summed E-state index contributed by atoms with van der Waals surface area (Å²) in [6.07, 6.45) is 4.40. The number of rotatable bonds is 10. The Balaban J connectivity index is 0.000000349. The molecule has 1 heterocycles. The van der Waals surface area contributed by atoms with Crippen molar-refractivity contribution in [3.8, 4) is 23.6 Å². The third-order valence-corrected chi connectivity index (χ3v) is 8.78. The van der Waals surface area contributed by atoms with E-state index in [9.17, 15) is 19.5 Å². The number of nitriles is 2. The number of allylic oxidation sites excluding steroid dienone is 3. The maximum atomic E-state index is 13.7. The van der Waals surface area contributed by atoms with Gasteiger partial charge in [-0.1, -0.05) is 65.9 Å². The van der Waals surface area contributed by atoms with Crippen molar-refractivity contribution in [2.24, 2.45) is 0 Å². The van der Waals surface area contributed by atoms with Crippen LogP contribution in [-0.2, 0) is 17.8 Å². The van der Waals surface area contributed by atoms with Gasteiger partial charge in [-0.2, -0.15) is 10.5 Å². The fraction of sp³-hybridized carbons (Fsp3) is 0.179. The number of aromatic nitrogens is 1. The Morgan fingerprint density at radius 2 is 1.55 bits per heavy atom. The number of benzene rings is 3. The first-order chi connectivity index (χ1) is 24.5. The Kier molecular flexibility index (Phi) is 13.1. The first-order valence-corrected chi connectivity index (χ1v) is 16.3. The second kappa shape index (κ2) is 17.6. The van der Waals surface area contributed by atoms with Crippen LogP contribution in [0.25, 0.3) is 0 Å². The number of halogens is 2. The summed E-state index contributed by atoms with van der Waals surface area (Å²) in [6, 6.07) is 29.7. The average molecular weight is 724 g/mol. The van der Waals surface area contributed by atoms with Gasteiger partial charge in [0.25, 0.3) is 5.91 Å². The monoisotopic (exact) mass is 722 g/mol. The Morgan fingerprint density at radius 3 is 2.14 bits per heavy atom. The third kappa shape index (κ3) is 9.00. The van der Waals surface area contributed by atoms with Gasteiger partial charge in [-0.15, -0.1) is 11.6 Å². The SMILES string of the molecule is COc1ccc(C(=O)N(CCc2cc[n+](Cc3ccccc3)cc2C(C)=O)c2ccccc2)cc1OC.N#CC1=C(C#N)C([O-])=C(Cl)C(Cl)C1=O. The number of amides is 1. The highest BCUT2D eigenvalue weighted by Gasteiger charge is 2.31. The van der Waals surface area contributed by atoms with Gasteiger partial charge in [0.15, 0.2) is 42.0 Å². The lowest BCUT2D eigenvalue weighted by Crippen LogP contribution is -2.36. The number of ether oxygens (including phenoxy) is 2. The van der Waals surface area contributed by atoms with E-state index in [1.165, 1.54) is 12.1 Å².